The molecule has 1 atom stereocenters. The maximum absolute atomic E-state index is 9.97. The van der Waals surface area contributed by atoms with Gasteiger partial charge in [0.2, 0.25) is 6.54 Å². The molecule has 0 aliphatic rings. The average molecular weight is 147 g/mol. The van der Waals surface area contributed by atoms with Crippen LogP contribution in [0.15, 0.2) is 0 Å². The summed E-state index contributed by atoms with van der Waals surface area (Å²) in [6.45, 7) is 3.50. The van der Waals surface area contributed by atoms with Crippen LogP contribution in [-0.4, -0.2) is 23.2 Å². The molecule has 0 aliphatic heterocycles. The predicted octanol–water partition coefficient (Wildman–Crippen LogP) is 0.528. The Morgan fingerprint density at radius 2 is 2.10 bits per heavy atom. The Bertz CT molecular complexity index is 114. The van der Waals surface area contributed by atoms with Gasteiger partial charge < -0.3 is 5.11 Å². The van der Waals surface area contributed by atoms with E-state index in [1.165, 1.54) is 0 Å². The lowest BCUT2D eigenvalue weighted by atomic mass is 9.97. The Balaban J connectivity index is 3.71. The van der Waals surface area contributed by atoms with Gasteiger partial charge in [0.1, 0.15) is 0 Å². The van der Waals surface area contributed by atoms with Crippen LogP contribution in [0.2, 0.25) is 0 Å². The fourth-order valence-corrected chi connectivity index (χ4v) is 0.671. The monoisotopic (exact) mass is 147 g/mol. The second-order valence-corrected chi connectivity index (χ2v) is 2.70. The maximum atomic E-state index is 9.97. The van der Waals surface area contributed by atoms with Gasteiger partial charge in [0.05, 0.1) is 6.61 Å². The molecule has 0 bridgehead atoms. The quantitative estimate of drug-likeness (QED) is 0.466. The molecule has 0 saturated carbocycles. The summed E-state index contributed by atoms with van der Waals surface area (Å²) in [6, 6.07) is 0. The molecule has 0 heterocycles. The van der Waals surface area contributed by atoms with Gasteiger partial charge in [-0.05, 0) is 5.92 Å². The first-order valence-electron chi connectivity index (χ1n) is 3.30. The lowest BCUT2D eigenvalue weighted by molar-refractivity contribution is -0.490. The Morgan fingerprint density at radius 3 is 2.20 bits per heavy atom. The molecular weight excluding hydrogens is 134 g/mol. The van der Waals surface area contributed by atoms with Gasteiger partial charge in [0.15, 0.2) is 0 Å². The molecule has 4 heteroatoms. The highest BCUT2D eigenvalue weighted by Crippen LogP contribution is 2.09. The fourth-order valence-electron chi connectivity index (χ4n) is 0.671. The van der Waals surface area contributed by atoms with Gasteiger partial charge in [0, 0.05) is 10.8 Å². The first kappa shape index (κ1) is 9.36. The van der Waals surface area contributed by atoms with E-state index in [9.17, 15) is 10.1 Å². The lowest BCUT2D eigenvalue weighted by Crippen LogP contribution is -2.22. The summed E-state index contributed by atoms with van der Waals surface area (Å²) in [7, 11) is 0. The summed E-state index contributed by atoms with van der Waals surface area (Å²) in [4.78, 5) is 9.58. The van der Waals surface area contributed by atoms with E-state index in [-0.39, 0.29) is 29.9 Å². The van der Waals surface area contributed by atoms with Crippen LogP contribution in [0.5, 0.6) is 0 Å². The van der Waals surface area contributed by atoms with Gasteiger partial charge in [-0.15, -0.1) is 0 Å². The van der Waals surface area contributed by atoms with Gasteiger partial charge in [-0.3, -0.25) is 10.1 Å². The van der Waals surface area contributed by atoms with E-state index in [2.05, 4.69) is 0 Å². The Labute approximate surface area is 60.0 Å². The van der Waals surface area contributed by atoms with E-state index in [0.29, 0.717) is 0 Å². The molecule has 60 valence electrons. The van der Waals surface area contributed by atoms with Crippen LogP contribution in [0.3, 0.4) is 0 Å². The molecule has 0 aliphatic carbocycles. The highest BCUT2D eigenvalue weighted by molar-refractivity contribution is 4.59. The Kier molecular flexibility index (Phi) is 3.95. The average Bonchev–Trinajstić information content (AvgIpc) is 1.81. The molecule has 1 unspecified atom stereocenters. The summed E-state index contributed by atoms with van der Waals surface area (Å²) >= 11 is 0. The molecule has 0 aromatic rings. The number of hydrogen-bond acceptors (Lipinski definition) is 3. The summed E-state index contributed by atoms with van der Waals surface area (Å²) in [5.74, 6) is -0.0228. The summed E-state index contributed by atoms with van der Waals surface area (Å²) in [5, 5.41) is 18.6. The van der Waals surface area contributed by atoms with Crippen LogP contribution >= 0.6 is 0 Å². The molecule has 0 aromatic heterocycles. The minimum Gasteiger partial charge on any atom is -0.396 e. The zero-order chi connectivity index (χ0) is 8.15. The van der Waals surface area contributed by atoms with Crippen molar-refractivity contribution in [3.05, 3.63) is 10.1 Å². The van der Waals surface area contributed by atoms with Gasteiger partial charge in [-0.25, -0.2) is 0 Å². The van der Waals surface area contributed by atoms with Crippen molar-refractivity contribution in [2.45, 2.75) is 13.8 Å². The standard InChI is InChI=1S/C6H13NO3/c1-5(2)6(4-8)3-7(9)10/h5-6,8H,3-4H2,1-2H3. The normalized spacial score (nSPS) is 13.6. The lowest BCUT2D eigenvalue weighted by Gasteiger charge is -2.12. The summed E-state index contributed by atoms with van der Waals surface area (Å²) in [5.41, 5.74) is 0. The van der Waals surface area contributed by atoms with Crippen molar-refractivity contribution >= 4 is 0 Å². The smallest absolute Gasteiger partial charge is 0.209 e. The molecule has 0 fully saturated rings. The van der Waals surface area contributed by atoms with Crippen molar-refractivity contribution in [2.24, 2.45) is 11.8 Å². The van der Waals surface area contributed by atoms with Gasteiger partial charge in [0.25, 0.3) is 0 Å². The van der Waals surface area contributed by atoms with Crippen molar-refractivity contribution in [1.82, 2.24) is 0 Å². The minimum absolute atomic E-state index is 0.0986. The number of aliphatic hydroxyl groups excluding tert-OH is 1. The number of nitrogens with zero attached hydrogens (tertiary/aromatic N) is 1. The Hall–Kier alpha value is -0.640. The molecule has 0 amide bonds. The van der Waals surface area contributed by atoms with Gasteiger partial charge >= 0.3 is 0 Å². The van der Waals surface area contributed by atoms with Gasteiger partial charge in [-0.1, -0.05) is 13.8 Å². The molecule has 0 aromatic carbocycles. The number of nitro groups is 1. The van der Waals surface area contributed by atoms with Crippen LogP contribution < -0.4 is 0 Å². The van der Waals surface area contributed by atoms with E-state index in [0.717, 1.165) is 0 Å². The fraction of sp³-hybridized carbons (Fsp3) is 1.00. The van der Waals surface area contributed by atoms with E-state index >= 15 is 0 Å². The van der Waals surface area contributed by atoms with E-state index in [1.54, 1.807) is 0 Å². The largest absolute Gasteiger partial charge is 0.396 e. The first-order valence-corrected chi connectivity index (χ1v) is 3.30. The van der Waals surface area contributed by atoms with Crippen molar-refractivity contribution in [1.29, 1.82) is 0 Å². The van der Waals surface area contributed by atoms with E-state index in [1.807, 2.05) is 13.8 Å². The van der Waals surface area contributed by atoms with Crippen molar-refractivity contribution in [3.63, 3.8) is 0 Å². The third kappa shape index (κ3) is 3.40. The van der Waals surface area contributed by atoms with Crippen molar-refractivity contribution < 1.29 is 10.0 Å². The number of rotatable bonds is 4. The van der Waals surface area contributed by atoms with Crippen LogP contribution in [0.4, 0.5) is 0 Å². The number of aliphatic hydroxyl groups is 1. The third-order valence-electron chi connectivity index (χ3n) is 1.56. The SMILES string of the molecule is CC(C)C(CO)C[N+](=O)[O-]. The van der Waals surface area contributed by atoms with Crippen LogP contribution in [-0.2, 0) is 0 Å². The van der Waals surface area contributed by atoms with Crippen molar-refractivity contribution in [3.8, 4) is 0 Å². The zero-order valence-electron chi connectivity index (χ0n) is 6.28. The molecule has 4 nitrogen and oxygen atoms in total. The Morgan fingerprint density at radius 1 is 1.60 bits per heavy atom. The molecule has 0 spiro atoms. The topological polar surface area (TPSA) is 63.4 Å². The molecule has 10 heavy (non-hydrogen) atoms. The first-order chi connectivity index (χ1) is 4.57. The third-order valence-corrected chi connectivity index (χ3v) is 1.56. The van der Waals surface area contributed by atoms with E-state index < -0.39 is 0 Å². The zero-order valence-corrected chi connectivity index (χ0v) is 6.28. The second kappa shape index (κ2) is 4.22. The van der Waals surface area contributed by atoms with Crippen LogP contribution in [0, 0.1) is 22.0 Å². The molecular formula is C6H13NO3. The predicted molar refractivity (Wildman–Crippen MR) is 37.3 cm³/mol. The molecule has 0 rings (SSSR count). The number of hydrogen-bond donors (Lipinski definition) is 1. The van der Waals surface area contributed by atoms with Crippen LogP contribution in [0.25, 0.3) is 0 Å². The van der Waals surface area contributed by atoms with E-state index in [4.69, 9.17) is 5.11 Å². The van der Waals surface area contributed by atoms with Gasteiger partial charge in [-0.2, -0.15) is 0 Å². The van der Waals surface area contributed by atoms with Crippen LogP contribution in [0.1, 0.15) is 13.8 Å². The minimum atomic E-state index is -0.388. The van der Waals surface area contributed by atoms with Crippen molar-refractivity contribution in [2.75, 3.05) is 13.2 Å². The molecule has 0 radical (unpaired) electrons. The maximum Gasteiger partial charge on any atom is 0.209 e. The summed E-state index contributed by atoms with van der Waals surface area (Å²) < 4.78 is 0. The molecule has 1 N–H and O–H groups in total. The molecule has 0 saturated heterocycles. The highest BCUT2D eigenvalue weighted by atomic mass is 16.6. The summed E-state index contributed by atoms with van der Waals surface area (Å²) in [6.07, 6.45) is 0. The highest BCUT2D eigenvalue weighted by Gasteiger charge is 2.17. The second-order valence-electron chi connectivity index (χ2n) is 2.70.